The van der Waals surface area contributed by atoms with Gasteiger partial charge >= 0.3 is 5.97 Å². The number of nitrogens with zero attached hydrogens (tertiary/aromatic N) is 3. The first kappa shape index (κ1) is 22.2. The molecule has 2 N–H and O–H groups in total. The Kier molecular flexibility index (Phi) is 6.20. The third-order valence-electron chi connectivity index (χ3n) is 4.22. The molecule has 4 rings (SSSR count). The van der Waals surface area contributed by atoms with E-state index in [1.54, 1.807) is 6.07 Å². The second-order valence-electron chi connectivity index (χ2n) is 6.53. The average Bonchev–Trinajstić information content (AvgIpc) is 3.27. The number of rotatable bonds is 7. The Hall–Kier alpha value is -4.03. The third kappa shape index (κ3) is 5.42. The van der Waals surface area contributed by atoms with Crippen LogP contribution in [-0.2, 0) is 19.6 Å². The highest BCUT2D eigenvalue weighted by Gasteiger charge is 2.16. The summed E-state index contributed by atoms with van der Waals surface area (Å²) in [5.41, 5.74) is 1.52. The Bertz CT molecular complexity index is 1420. The minimum Gasteiger partial charge on any atom is -0.452 e. The molecule has 0 bridgehead atoms. The van der Waals surface area contributed by atoms with Gasteiger partial charge in [-0.3, -0.25) is 9.52 Å². The van der Waals surface area contributed by atoms with E-state index in [1.807, 2.05) is 0 Å². The maximum Gasteiger partial charge on any atom is 0.338 e. The van der Waals surface area contributed by atoms with Crippen molar-refractivity contribution >= 4 is 56.1 Å². The predicted molar refractivity (Wildman–Crippen MR) is 117 cm³/mol. The van der Waals surface area contributed by atoms with Crippen LogP contribution >= 0.6 is 11.6 Å². The quantitative estimate of drug-likeness (QED) is 0.374. The summed E-state index contributed by atoms with van der Waals surface area (Å²) in [6, 6.07) is 12.7. The van der Waals surface area contributed by atoms with E-state index < -0.39 is 28.5 Å². The molecule has 13 heteroatoms. The van der Waals surface area contributed by atoms with Crippen LogP contribution in [-0.4, -0.2) is 42.1 Å². The minimum atomic E-state index is -3.92. The summed E-state index contributed by atoms with van der Waals surface area (Å²) in [7, 11) is -3.92. The highest BCUT2D eigenvalue weighted by molar-refractivity contribution is 7.92. The van der Waals surface area contributed by atoms with E-state index in [-0.39, 0.29) is 21.4 Å². The Balaban J connectivity index is 1.32. The van der Waals surface area contributed by atoms with E-state index in [0.717, 1.165) is 0 Å². The molecule has 11 nitrogen and oxygen atoms in total. The fourth-order valence-electron chi connectivity index (χ4n) is 2.68. The number of fused-ring (bicyclic) bond motifs is 1. The Morgan fingerprint density at radius 3 is 2.55 bits per heavy atom. The number of ether oxygens (including phenoxy) is 1. The molecule has 0 spiro atoms. The summed E-state index contributed by atoms with van der Waals surface area (Å²) in [6.07, 6.45) is 1.26. The normalized spacial score (nSPS) is 11.2. The highest BCUT2D eigenvalue weighted by Crippen LogP contribution is 2.18. The van der Waals surface area contributed by atoms with Crippen molar-refractivity contribution in [1.29, 1.82) is 0 Å². The van der Waals surface area contributed by atoms with Gasteiger partial charge in [-0.2, -0.15) is 0 Å². The number of esters is 1. The second-order valence-corrected chi connectivity index (χ2v) is 8.60. The molecule has 2 aromatic carbocycles. The summed E-state index contributed by atoms with van der Waals surface area (Å²) in [5, 5.41) is 9.83. The first-order chi connectivity index (χ1) is 15.8. The number of carbonyl (C=O) groups excluding carboxylic acids is 2. The molecular formula is C20H14ClN5O6S. The lowest BCUT2D eigenvalue weighted by Gasteiger charge is -2.09. The van der Waals surface area contributed by atoms with Crippen LogP contribution in [0.15, 0.2) is 70.3 Å². The molecular weight excluding hydrogens is 474 g/mol. The van der Waals surface area contributed by atoms with Crippen molar-refractivity contribution in [2.45, 2.75) is 4.90 Å². The van der Waals surface area contributed by atoms with Crippen LogP contribution in [0.5, 0.6) is 0 Å². The number of amides is 1. The van der Waals surface area contributed by atoms with Crippen LogP contribution in [0.25, 0.3) is 11.1 Å². The highest BCUT2D eigenvalue weighted by atomic mass is 35.5. The molecule has 1 amide bonds. The van der Waals surface area contributed by atoms with Crippen molar-refractivity contribution in [3.63, 3.8) is 0 Å². The lowest BCUT2D eigenvalue weighted by atomic mass is 10.2. The molecule has 33 heavy (non-hydrogen) atoms. The topological polar surface area (TPSA) is 153 Å². The lowest BCUT2D eigenvalue weighted by molar-refractivity contribution is -0.119. The van der Waals surface area contributed by atoms with Gasteiger partial charge in [0.2, 0.25) is 0 Å². The van der Waals surface area contributed by atoms with Crippen LogP contribution in [0.1, 0.15) is 10.4 Å². The van der Waals surface area contributed by atoms with Crippen molar-refractivity contribution in [2.24, 2.45) is 0 Å². The third-order valence-corrected chi connectivity index (χ3v) is 5.79. The minimum absolute atomic E-state index is 0.000977. The number of benzene rings is 2. The van der Waals surface area contributed by atoms with Gasteiger partial charge in [-0.1, -0.05) is 11.6 Å². The molecule has 0 aliphatic heterocycles. The molecule has 0 unspecified atom stereocenters. The maximum atomic E-state index is 12.4. The maximum absolute atomic E-state index is 12.4. The number of nitrogens with one attached hydrogen (secondary N) is 2. The monoisotopic (exact) mass is 487 g/mol. The zero-order chi connectivity index (χ0) is 23.4. The van der Waals surface area contributed by atoms with E-state index in [4.69, 9.17) is 20.8 Å². The van der Waals surface area contributed by atoms with Crippen molar-refractivity contribution < 1.29 is 27.2 Å². The van der Waals surface area contributed by atoms with E-state index in [9.17, 15) is 18.0 Å². The first-order valence-electron chi connectivity index (χ1n) is 9.22. The predicted octanol–water partition coefficient (Wildman–Crippen LogP) is 2.87. The lowest BCUT2D eigenvalue weighted by Crippen LogP contribution is -2.21. The Morgan fingerprint density at radius 2 is 1.82 bits per heavy atom. The van der Waals surface area contributed by atoms with Gasteiger partial charge in [0.15, 0.2) is 29.6 Å². The van der Waals surface area contributed by atoms with E-state index in [1.165, 1.54) is 54.9 Å². The molecule has 0 aliphatic rings. The molecule has 168 valence electrons. The van der Waals surface area contributed by atoms with Gasteiger partial charge in [0.05, 0.1) is 10.5 Å². The number of aromatic nitrogens is 3. The molecule has 0 saturated carbocycles. The number of oxazole rings is 1. The summed E-state index contributed by atoms with van der Waals surface area (Å²) in [5.74, 6) is -1.31. The zero-order valence-electron chi connectivity index (χ0n) is 16.6. The van der Waals surface area contributed by atoms with Crippen molar-refractivity contribution in [3.8, 4) is 0 Å². The summed E-state index contributed by atoms with van der Waals surface area (Å²) < 4.78 is 37.2. The smallest absolute Gasteiger partial charge is 0.338 e. The van der Waals surface area contributed by atoms with Crippen LogP contribution < -0.4 is 10.0 Å². The van der Waals surface area contributed by atoms with E-state index in [0.29, 0.717) is 16.8 Å². The number of halogens is 1. The zero-order valence-corrected chi connectivity index (χ0v) is 18.1. The van der Waals surface area contributed by atoms with Crippen molar-refractivity contribution in [2.75, 3.05) is 16.6 Å². The van der Waals surface area contributed by atoms with Gasteiger partial charge in [0.25, 0.3) is 15.9 Å². The van der Waals surface area contributed by atoms with Gasteiger partial charge in [-0.15, -0.1) is 10.2 Å². The average molecular weight is 488 g/mol. The standard InChI is InChI=1S/C20H14ClN5O6S/c21-17-7-8-18(25-24-17)26-33(29,30)14-4-2-13(3-5-14)23-19(27)10-31-20(28)12-1-6-15-16(9-12)32-11-22-15/h1-9,11H,10H2,(H,23,27)(H,25,26). The van der Waals surface area contributed by atoms with Gasteiger partial charge in [-0.25, -0.2) is 18.2 Å². The molecule has 4 aromatic rings. The molecule has 0 radical (unpaired) electrons. The number of sulfonamides is 1. The largest absolute Gasteiger partial charge is 0.452 e. The van der Waals surface area contributed by atoms with Gasteiger partial charge in [0.1, 0.15) is 5.52 Å². The number of hydrogen-bond donors (Lipinski definition) is 2. The summed E-state index contributed by atoms with van der Waals surface area (Å²) in [4.78, 5) is 28.1. The van der Waals surface area contributed by atoms with Crippen LogP contribution in [0, 0.1) is 0 Å². The molecule has 0 atom stereocenters. The van der Waals surface area contributed by atoms with Gasteiger partial charge in [-0.05, 0) is 54.6 Å². The van der Waals surface area contributed by atoms with Crippen LogP contribution in [0.2, 0.25) is 5.15 Å². The molecule has 0 aliphatic carbocycles. The molecule has 2 aromatic heterocycles. The van der Waals surface area contributed by atoms with Gasteiger partial charge in [0, 0.05) is 5.69 Å². The Labute approximate surface area is 191 Å². The van der Waals surface area contributed by atoms with E-state index >= 15 is 0 Å². The number of hydrogen-bond acceptors (Lipinski definition) is 9. The van der Waals surface area contributed by atoms with Crippen LogP contribution in [0.3, 0.4) is 0 Å². The summed E-state index contributed by atoms with van der Waals surface area (Å²) in [6.45, 7) is -0.538. The molecule has 2 heterocycles. The fourth-order valence-corrected chi connectivity index (χ4v) is 3.78. The van der Waals surface area contributed by atoms with Crippen molar-refractivity contribution in [3.05, 3.63) is 71.7 Å². The second kappa shape index (κ2) is 9.22. The van der Waals surface area contributed by atoms with Gasteiger partial charge < -0.3 is 14.5 Å². The summed E-state index contributed by atoms with van der Waals surface area (Å²) >= 11 is 5.63. The SMILES string of the molecule is O=C(COC(=O)c1ccc2ncoc2c1)Nc1ccc(S(=O)(=O)Nc2ccc(Cl)nn2)cc1. The van der Waals surface area contributed by atoms with E-state index in [2.05, 4.69) is 25.2 Å². The van der Waals surface area contributed by atoms with Crippen LogP contribution in [0.4, 0.5) is 11.5 Å². The number of anilines is 2. The fraction of sp³-hybridized carbons (Fsp3) is 0.0500. The Morgan fingerprint density at radius 1 is 1.03 bits per heavy atom. The first-order valence-corrected chi connectivity index (χ1v) is 11.1. The number of carbonyl (C=O) groups is 2. The van der Waals surface area contributed by atoms with Crippen molar-refractivity contribution in [1.82, 2.24) is 15.2 Å². The molecule has 0 saturated heterocycles. The molecule has 0 fully saturated rings.